The van der Waals surface area contributed by atoms with Gasteiger partial charge in [0, 0.05) is 12.8 Å². The third kappa shape index (κ3) is 6.17. The van der Waals surface area contributed by atoms with E-state index < -0.39 is 5.60 Å². The molecule has 1 aliphatic heterocycles. The number of nitrogens with two attached hydrogens (primary N) is 1. The number of carbonyl (C=O) groups is 1. The van der Waals surface area contributed by atoms with E-state index >= 15 is 0 Å². The second kappa shape index (κ2) is 11.2. The van der Waals surface area contributed by atoms with Gasteiger partial charge in [0.25, 0.3) is 0 Å². The second-order valence-corrected chi connectivity index (χ2v) is 8.33. The standard InChI is InChI=1S/C26H35NO2/c1-2-3-4-5-6-8-11-22-14-16-23(17-15-22)25(28)29-26(18-20-27-21-19-26)24-12-9-7-10-13-24/h7,9-10,12-17,27H,2-6,8,11,18-21H2,1H3/p+1. The maximum absolute atomic E-state index is 12.9. The summed E-state index contributed by atoms with van der Waals surface area (Å²) in [5, 5.41) is 2.30. The summed E-state index contributed by atoms with van der Waals surface area (Å²) in [6, 6.07) is 18.3. The van der Waals surface area contributed by atoms with Gasteiger partial charge >= 0.3 is 5.97 Å². The highest BCUT2D eigenvalue weighted by molar-refractivity contribution is 5.89. The number of carbonyl (C=O) groups excluding carboxylic acids is 1. The van der Waals surface area contributed by atoms with Gasteiger partial charge in [-0.1, -0.05) is 81.5 Å². The molecule has 1 aliphatic rings. The number of unbranched alkanes of at least 4 members (excludes halogenated alkanes) is 5. The van der Waals surface area contributed by atoms with Gasteiger partial charge in [0.05, 0.1) is 18.7 Å². The summed E-state index contributed by atoms with van der Waals surface area (Å²) in [5.41, 5.74) is 2.58. The van der Waals surface area contributed by atoms with Gasteiger partial charge in [-0.3, -0.25) is 0 Å². The van der Waals surface area contributed by atoms with Crippen molar-refractivity contribution in [3.63, 3.8) is 0 Å². The third-order valence-electron chi connectivity index (χ3n) is 6.10. The molecule has 3 rings (SSSR count). The van der Waals surface area contributed by atoms with Crippen molar-refractivity contribution in [2.75, 3.05) is 13.1 Å². The lowest BCUT2D eigenvalue weighted by Gasteiger charge is -2.36. The largest absolute Gasteiger partial charge is 0.450 e. The van der Waals surface area contributed by atoms with Crippen LogP contribution < -0.4 is 5.32 Å². The van der Waals surface area contributed by atoms with Crippen LogP contribution in [-0.4, -0.2) is 19.1 Å². The molecule has 0 radical (unpaired) electrons. The van der Waals surface area contributed by atoms with Gasteiger partial charge in [0.15, 0.2) is 0 Å². The first kappa shape index (κ1) is 21.6. The summed E-state index contributed by atoms with van der Waals surface area (Å²) in [5.74, 6) is -0.207. The van der Waals surface area contributed by atoms with Gasteiger partial charge in [-0.25, -0.2) is 4.79 Å². The highest BCUT2D eigenvalue weighted by atomic mass is 16.6. The lowest BCUT2D eigenvalue weighted by atomic mass is 9.84. The number of quaternary nitrogens is 1. The molecular weight excluding hydrogens is 358 g/mol. The number of piperidine rings is 1. The van der Waals surface area contributed by atoms with Crippen molar-refractivity contribution in [3.8, 4) is 0 Å². The molecule has 0 saturated carbocycles. The Morgan fingerprint density at radius 3 is 2.24 bits per heavy atom. The lowest BCUT2D eigenvalue weighted by molar-refractivity contribution is -0.668. The first-order valence-electron chi connectivity index (χ1n) is 11.4. The van der Waals surface area contributed by atoms with Crippen molar-refractivity contribution in [3.05, 3.63) is 71.3 Å². The summed E-state index contributed by atoms with van der Waals surface area (Å²) >= 11 is 0. The average molecular weight is 395 g/mol. The molecule has 0 unspecified atom stereocenters. The van der Waals surface area contributed by atoms with E-state index in [1.807, 2.05) is 30.3 Å². The van der Waals surface area contributed by atoms with E-state index in [2.05, 4.69) is 36.5 Å². The smallest absolute Gasteiger partial charge is 0.339 e. The van der Waals surface area contributed by atoms with Gasteiger partial charge in [-0.05, 0) is 36.1 Å². The fraction of sp³-hybridized carbons (Fsp3) is 0.500. The van der Waals surface area contributed by atoms with E-state index in [1.54, 1.807) is 0 Å². The maximum atomic E-state index is 12.9. The van der Waals surface area contributed by atoms with Crippen LogP contribution in [0.2, 0.25) is 0 Å². The van der Waals surface area contributed by atoms with Crippen LogP contribution >= 0.6 is 0 Å². The summed E-state index contributed by atoms with van der Waals surface area (Å²) in [7, 11) is 0. The highest BCUT2D eigenvalue weighted by Gasteiger charge is 2.39. The predicted octanol–water partition coefficient (Wildman–Crippen LogP) is 5.00. The Kier molecular flexibility index (Phi) is 8.30. The van der Waals surface area contributed by atoms with E-state index in [9.17, 15) is 4.79 Å². The molecule has 0 amide bonds. The zero-order valence-electron chi connectivity index (χ0n) is 17.9. The maximum Gasteiger partial charge on any atom is 0.339 e. The van der Waals surface area contributed by atoms with E-state index in [1.165, 1.54) is 44.1 Å². The minimum absolute atomic E-state index is 0.207. The molecular formula is C26H36NO2+. The van der Waals surface area contributed by atoms with Crippen molar-refractivity contribution in [1.82, 2.24) is 0 Å². The van der Waals surface area contributed by atoms with Crippen LogP contribution in [0, 0.1) is 0 Å². The van der Waals surface area contributed by atoms with Crippen molar-refractivity contribution >= 4 is 5.97 Å². The van der Waals surface area contributed by atoms with Crippen LogP contribution in [0.5, 0.6) is 0 Å². The predicted molar refractivity (Wildman–Crippen MR) is 118 cm³/mol. The lowest BCUT2D eigenvalue weighted by Crippen LogP contribution is -2.87. The van der Waals surface area contributed by atoms with Crippen molar-refractivity contribution in [2.24, 2.45) is 0 Å². The third-order valence-corrected chi connectivity index (χ3v) is 6.10. The Bertz CT molecular complexity index is 733. The Hall–Kier alpha value is -2.13. The quantitative estimate of drug-likeness (QED) is 0.455. The van der Waals surface area contributed by atoms with Gasteiger partial charge in [-0.2, -0.15) is 0 Å². The molecule has 2 aromatic carbocycles. The normalized spacial score (nSPS) is 15.8. The molecule has 29 heavy (non-hydrogen) atoms. The van der Waals surface area contributed by atoms with Crippen LogP contribution in [0.4, 0.5) is 0 Å². The topological polar surface area (TPSA) is 42.9 Å². The Balaban J connectivity index is 1.58. The molecule has 1 heterocycles. The number of hydrogen-bond acceptors (Lipinski definition) is 2. The molecule has 0 aliphatic carbocycles. The van der Waals surface area contributed by atoms with Crippen LogP contribution in [0.3, 0.4) is 0 Å². The van der Waals surface area contributed by atoms with Crippen molar-refractivity contribution in [1.29, 1.82) is 0 Å². The number of benzene rings is 2. The number of esters is 1. The summed E-state index contributed by atoms with van der Waals surface area (Å²) in [6.07, 6.45) is 10.6. The number of aryl methyl sites for hydroxylation is 1. The molecule has 2 N–H and O–H groups in total. The zero-order valence-corrected chi connectivity index (χ0v) is 17.9. The monoisotopic (exact) mass is 394 g/mol. The molecule has 0 aromatic heterocycles. The molecule has 1 fully saturated rings. The first-order valence-corrected chi connectivity index (χ1v) is 11.4. The number of hydrogen-bond donors (Lipinski definition) is 1. The summed E-state index contributed by atoms with van der Waals surface area (Å²) in [6.45, 7) is 4.22. The van der Waals surface area contributed by atoms with E-state index in [-0.39, 0.29) is 5.97 Å². The molecule has 1 saturated heterocycles. The van der Waals surface area contributed by atoms with E-state index in [0.717, 1.165) is 37.9 Å². The first-order chi connectivity index (χ1) is 14.2. The number of rotatable bonds is 10. The highest BCUT2D eigenvalue weighted by Crippen LogP contribution is 2.34. The SMILES string of the molecule is CCCCCCCCc1ccc(C(=O)OC2(c3ccccc3)CC[NH2+]CC2)cc1. The molecule has 0 atom stereocenters. The average Bonchev–Trinajstić information content (AvgIpc) is 2.78. The van der Waals surface area contributed by atoms with Gasteiger partial charge in [0.2, 0.25) is 0 Å². The van der Waals surface area contributed by atoms with E-state index in [0.29, 0.717) is 5.56 Å². The molecule has 0 spiro atoms. The fourth-order valence-electron chi connectivity index (χ4n) is 4.28. The summed E-state index contributed by atoms with van der Waals surface area (Å²) < 4.78 is 6.17. The molecule has 156 valence electrons. The zero-order chi connectivity index (χ0) is 20.4. The minimum atomic E-state index is -0.496. The Labute approximate surface area is 175 Å². The minimum Gasteiger partial charge on any atom is -0.450 e. The summed E-state index contributed by atoms with van der Waals surface area (Å²) in [4.78, 5) is 12.9. The van der Waals surface area contributed by atoms with Crippen molar-refractivity contribution in [2.45, 2.75) is 70.3 Å². The van der Waals surface area contributed by atoms with Gasteiger partial charge in [0.1, 0.15) is 5.60 Å². The van der Waals surface area contributed by atoms with Crippen LogP contribution in [0.25, 0.3) is 0 Å². The van der Waals surface area contributed by atoms with E-state index in [4.69, 9.17) is 4.74 Å². The second-order valence-electron chi connectivity index (χ2n) is 8.33. The van der Waals surface area contributed by atoms with Crippen molar-refractivity contribution < 1.29 is 14.8 Å². The molecule has 0 bridgehead atoms. The Morgan fingerprint density at radius 2 is 1.55 bits per heavy atom. The molecule has 3 heteroatoms. The van der Waals surface area contributed by atoms with Crippen LogP contribution in [0.15, 0.2) is 54.6 Å². The van der Waals surface area contributed by atoms with Crippen LogP contribution in [-0.2, 0) is 16.8 Å². The molecule has 2 aromatic rings. The van der Waals surface area contributed by atoms with Crippen LogP contribution in [0.1, 0.15) is 79.8 Å². The Morgan fingerprint density at radius 1 is 0.897 bits per heavy atom. The van der Waals surface area contributed by atoms with Gasteiger partial charge < -0.3 is 10.1 Å². The van der Waals surface area contributed by atoms with Gasteiger partial charge in [-0.15, -0.1) is 0 Å². The fourth-order valence-corrected chi connectivity index (χ4v) is 4.28. The molecule has 3 nitrogen and oxygen atoms in total. The number of ether oxygens (including phenoxy) is 1.